The minimum Gasteiger partial charge on any atom is -0.483 e. The standard InChI is InChI=1S/C15H21ClO3/c1-11(14(17)8-9-15(2,3)18-4)19-13-7-5-6-12(16)10-13/h5-7,10-11H,8-9H2,1-4H3. The summed E-state index contributed by atoms with van der Waals surface area (Å²) in [7, 11) is 1.65. The molecule has 0 amide bonds. The van der Waals surface area contributed by atoms with E-state index in [-0.39, 0.29) is 11.4 Å². The number of Topliss-reactive ketones (excluding diaryl/α,β-unsaturated/α-hetero) is 1. The van der Waals surface area contributed by atoms with E-state index in [0.717, 1.165) is 0 Å². The molecule has 0 aromatic heterocycles. The summed E-state index contributed by atoms with van der Waals surface area (Å²) in [4.78, 5) is 12.0. The van der Waals surface area contributed by atoms with E-state index in [0.29, 0.717) is 23.6 Å². The summed E-state index contributed by atoms with van der Waals surface area (Å²) in [6.45, 7) is 5.68. The summed E-state index contributed by atoms with van der Waals surface area (Å²) < 4.78 is 10.9. The Balaban J connectivity index is 2.49. The van der Waals surface area contributed by atoms with Gasteiger partial charge in [0.25, 0.3) is 0 Å². The molecule has 1 aromatic rings. The molecule has 1 unspecified atom stereocenters. The molecule has 1 aromatic carbocycles. The zero-order valence-corrected chi connectivity index (χ0v) is 12.7. The second kappa shape index (κ2) is 6.92. The number of rotatable bonds is 7. The van der Waals surface area contributed by atoms with Crippen LogP contribution in [0.4, 0.5) is 0 Å². The molecule has 19 heavy (non-hydrogen) atoms. The number of ether oxygens (including phenoxy) is 2. The highest BCUT2D eigenvalue weighted by atomic mass is 35.5. The molecule has 106 valence electrons. The third kappa shape index (κ3) is 5.62. The first-order chi connectivity index (χ1) is 8.84. The van der Waals surface area contributed by atoms with Crippen molar-refractivity contribution < 1.29 is 14.3 Å². The number of benzene rings is 1. The Hall–Kier alpha value is -1.06. The Labute approximate surface area is 119 Å². The van der Waals surface area contributed by atoms with Gasteiger partial charge in [-0.25, -0.2) is 0 Å². The summed E-state index contributed by atoms with van der Waals surface area (Å²) in [5.74, 6) is 0.671. The van der Waals surface area contributed by atoms with E-state index >= 15 is 0 Å². The summed E-state index contributed by atoms with van der Waals surface area (Å²) in [5.41, 5.74) is -0.286. The highest BCUT2D eigenvalue weighted by molar-refractivity contribution is 6.30. The third-order valence-electron chi connectivity index (χ3n) is 3.09. The van der Waals surface area contributed by atoms with Crippen LogP contribution in [0.25, 0.3) is 0 Å². The lowest BCUT2D eigenvalue weighted by Gasteiger charge is -2.23. The third-order valence-corrected chi connectivity index (χ3v) is 3.32. The lowest BCUT2D eigenvalue weighted by atomic mass is 9.99. The van der Waals surface area contributed by atoms with Crippen molar-refractivity contribution >= 4 is 17.4 Å². The van der Waals surface area contributed by atoms with Gasteiger partial charge in [0.05, 0.1) is 5.60 Å². The molecule has 0 fully saturated rings. The number of hydrogen-bond donors (Lipinski definition) is 0. The predicted molar refractivity (Wildman–Crippen MR) is 76.9 cm³/mol. The number of ketones is 1. The average Bonchev–Trinajstić information content (AvgIpc) is 2.36. The lowest BCUT2D eigenvalue weighted by molar-refractivity contribution is -0.126. The molecule has 1 atom stereocenters. The Kier molecular flexibility index (Phi) is 5.83. The molecule has 0 aliphatic carbocycles. The summed E-state index contributed by atoms with van der Waals surface area (Å²) in [6, 6.07) is 7.05. The van der Waals surface area contributed by atoms with Gasteiger partial charge < -0.3 is 9.47 Å². The number of halogens is 1. The first-order valence-electron chi connectivity index (χ1n) is 6.34. The Bertz CT molecular complexity index is 429. The molecule has 0 radical (unpaired) electrons. The maximum atomic E-state index is 12.0. The lowest BCUT2D eigenvalue weighted by Crippen LogP contribution is -2.28. The van der Waals surface area contributed by atoms with Crippen LogP contribution in [0.15, 0.2) is 24.3 Å². The van der Waals surface area contributed by atoms with Gasteiger partial charge in [-0.15, -0.1) is 0 Å². The van der Waals surface area contributed by atoms with Crippen molar-refractivity contribution in [3.8, 4) is 5.75 Å². The van der Waals surface area contributed by atoms with Gasteiger partial charge in [0.2, 0.25) is 0 Å². The first kappa shape index (κ1) is 16.0. The molecule has 0 aliphatic heterocycles. The van der Waals surface area contributed by atoms with Crippen molar-refractivity contribution in [2.24, 2.45) is 0 Å². The summed E-state index contributed by atoms with van der Waals surface area (Å²) >= 11 is 5.87. The van der Waals surface area contributed by atoms with Crippen molar-refractivity contribution in [1.29, 1.82) is 0 Å². The topological polar surface area (TPSA) is 35.5 Å². The number of carbonyl (C=O) groups excluding carboxylic acids is 1. The molecule has 0 aliphatic rings. The van der Waals surface area contributed by atoms with Crippen molar-refractivity contribution in [1.82, 2.24) is 0 Å². The van der Waals surface area contributed by atoms with E-state index in [1.165, 1.54) is 0 Å². The molecule has 0 bridgehead atoms. The highest BCUT2D eigenvalue weighted by Crippen LogP contribution is 2.20. The van der Waals surface area contributed by atoms with Crippen LogP contribution in [0.3, 0.4) is 0 Å². The van der Waals surface area contributed by atoms with Crippen molar-refractivity contribution in [3.05, 3.63) is 29.3 Å². The van der Waals surface area contributed by atoms with E-state index in [4.69, 9.17) is 21.1 Å². The molecule has 3 nitrogen and oxygen atoms in total. The van der Waals surface area contributed by atoms with E-state index in [2.05, 4.69) is 0 Å². The van der Waals surface area contributed by atoms with Crippen LogP contribution in [0, 0.1) is 0 Å². The van der Waals surface area contributed by atoms with Crippen molar-refractivity contribution in [2.45, 2.75) is 45.3 Å². The van der Waals surface area contributed by atoms with Gasteiger partial charge in [0.15, 0.2) is 11.9 Å². The van der Waals surface area contributed by atoms with Gasteiger partial charge >= 0.3 is 0 Å². The fourth-order valence-electron chi connectivity index (χ4n) is 1.54. The fourth-order valence-corrected chi connectivity index (χ4v) is 1.72. The molecule has 4 heteroatoms. The van der Waals surface area contributed by atoms with Crippen LogP contribution < -0.4 is 4.74 Å². The molecule has 0 saturated carbocycles. The predicted octanol–water partition coefficient (Wildman–Crippen LogP) is 3.88. The minimum atomic E-state index is -0.480. The Morgan fingerprint density at radius 2 is 2.11 bits per heavy atom. The normalized spacial score (nSPS) is 13.1. The van der Waals surface area contributed by atoms with Crippen LogP contribution >= 0.6 is 11.6 Å². The smallest absolute Gasteiger partial charge is 0.173 e. The quantitative estimate of drug-likeness (QED) is 0.762. The zero-order valence-electron chi connectivity index (χ0n) is 11.9. The van der Waals surface area contributed by atoms with Crippen molar-refractivity contribution in [3.63, 3.8) is 0 Å². The average molecular weight is 285 g/mol. The highest BCUT2D eigenvalue weighted by Gasteiger charge is 2.21. The minimum absolute atomic E-state index is 0.0603. The molecular formula is C15H21ClO3. The maximum absolute atomic E-state index is 12.0. The second-order valence-corrected chi connectivity index (χ2v) is 5.58. The van der Waals surface area contributed by atoms with Crippen LogP contribution in [0.2, 0.25) is 5.02 Å². The molecule has 1 rings (SSSR count). The SMILES string of the molecule is COC(C)(C)CCC(=O)C(C)Oc1cccc(Cl)c1. The summed E-state index contributed by atoms with van der Waals surface area (Å²) in [6.07, 6.45) is 0.625. The Morgan fingerprint density at radius 1 is 1.42 bits per heavy atom. The maximum Gasteiger partial charge on any atom is 0.173 e. The largest absolute Gasteiger partial charge is 0.483 e. The van der Waals surface area contributed by atoms with Gasteiger partial charge in [-0.2, -0.15) is 0 Å². The number of carbonyl (C=O) groups is 1. The number of hydrogen-bond acceptors (Lipinski definition) is 3. The molecular weight excluding hydrogens is 264 g/mol. The molecule has 0 saturated heterocycles. The number of methoxy groups -OCH3 is 1. The van der Waals surface area contributed by atoms with E-state index < -0.39 is 6.10 Å². The van der Waals surface area contributed by atoms with Gasteiger partial charge in [-0.3, -0.25) is 4.79 Å². The molecule has 0 heterocycles. The van der Waals surface area contributed by atoms with Gasteiger partial charge in [-0.05, 0) is 45.4 Å². The van der Waals surface area contributed by atoms with Crippen LogP contribution in [0.1, 0.15) is 33.6 Å². The summed E-state index contributed by atoms with van der Waals surface area (Å²) in [5, 5.41) is 0.595. The van der Waals surface area contributed by atoms with Crippen LogP contribution in [-0.2, 0) is 9.53 Å². The van der Waals surface area contributed by atoms with E-state index in [1.54, 1.807) is 38.3 Å². The van der Waals surface area contributed by atoms with Gasteiger partial charge in [0.1, 0.15) is 5.75 Å². The Morgan fingerprint density at radius 3 is 2.68 bits per heavy atom. The van der Waals surface area contributed by atoms with Gasteiger partial charge in [-0.1, -0.05) is 17.7 Å². The van der Waals surface area contributed by atoms with Crippen LogP contribution in [0.5, 0.6) is 5.75 Å². The monoisotopic (exact) mass is 284 g/mol. The first-order valence-corrected chi connectivity index (χ1v) is 6.72. The van der Waals surface area contributed by atoms with Gasteiger partial charge in [0, 0.05) is 18.6 Å². The van der Waals surface area contributed by atoms with E-state index in [9.17, 15) is 4.79 Å². The van der Waals surface area contributed by atoms with E-state index in [1.807, 2.05) is 13.8 Å². The van der Waals surface area contributed by atoms with Crippen molar-refractivity contribution in [2.75, 3.05) is 7.11 Å². The molecule has 0 N–H and O–H groups in total. The zero-order chi connectivity index (χ0) is 14.5. The van der Waals surface area contributed by atoms with Crippen LogP contribution in [-0.4, -0.2) is 24.6 Å². The molecule has 0 spiro atoms. The fraction of sp³-hybridized carbons (Fsp3) is 0.533. The second-order valence-electron chi connectivity index (χ2n) is 5.15.